The number of hydrogen-bond donors (Lipinski definition) is 1. The van der Waals surface area contributed by atoms with Crippen LogP contribution in [0.15, 0.2) is 16.6 Å². The molecule has 8 heteroatoms. The molecule has 0 aliphatic carbocycles. The molecule has 1 aliphatic rings. The maximum Gasteiger partial charge on any atom is 0.306 e. The number of esters is 1. The van der Waals surface area contributed by atoms with Crippen molar-refractivity contribution < 1.29 is 9.53 Å². The van der Waals surface area contributed by atoms with Crippen LogP contribution in [0.4, 0.5) is 5.13 Å². The first-order chi connectivity index (χ1) is 11.1. The predicted octanol–water partition coefficient (Wildman–Crippen LogP) is 1.31. The molecular formula is C15H25N5O2S. The summed E-state index contributed by atoms with van der Waals surface area (Å²) in [4.78, 5) is 24.5. The second kappa shape index (κ2) is 8.71. The van der Waals surface area contributed by atoms with Gasteiger partial charge in [-0.2, -0.15) is 0 Å². The number of hydrogen-bond acceptors (Lipinski definition) is 6. The molecule has 0 amide bonds. The Morgan fingerprint density at radius 1 is 1.43 bits per heavy atom. The van der Waals surface area contributed by atoms with Gasteiger partial charge in [-0.3, -0.25) is 9.79 Å². The predicted molar refractivity (Wildman–Crippen MR) is 92.9 cm³/mol. The van der Waals surface area contributed by atoms with Gasteiger partial charge in [0.1, 0.15) is 0 Å². The number of carbonyl (C=O) groups is 1. The summed E-state index contributed by atoms with van der Waals surface area (Å²) in [6.07, 6.45) is 2.80. The summed E-state index contributed by atoms with van der Waals surface area (Å²) in [6.45, 7) is 7.70. The molecule has 1 aromatic heterocycles. The van der Waals surface area contributed by atoms with Crippen LogP contribution in [0.5, 0.6) is 0 Å². The molecule has 0 unspecified atom stereocenters. The molecule has 1 aliphatic heterocycles. The van der Waals surface area contributed by atoms with Crippen LogP contribution in [-0.4, -0.2) is 60.6 Å². The van der Waals surface area contributed by atoms with E-state index in [1.54, 1.807) is 11.3 Å². The molecule has 0 spiro atoms. The number of carbonyl (C=O) groups excluding carboxylic acids is 1. The molecule has 128 valence electrons. The van der Waals surface area contributed by atoms with E-state index in [0.29, 0.717) is 25.3 Å². The minimum absolute atomic E-state index is 0.0646. The Kier molecular flexibility index (Phi) is 6.64. The van der Waals surface area contributed by atoms with E-state index in [1.165, 1.54) is 0 Å². The first kappa shape index (κ1) is 17.5. The van der Waals surface area contributed by atoms with Crippen molar-refractivity contribution in [3.63, 3.8) is 0 Å². The molecule has 0 atom stereocenters. The third-order valence-electron chi connectivity index (χ3n) is 3.47. The first-order valence-corrected chi connectivity index (χ1v) is 8.83. The maximum absolute atomic E-state index is 11.4. The molecule has 0 radical (unpaired) electrons. The normalized spacial score (nSPS) is 16.0. The van der Waals surface area contributed by atoms with Crippen molar-refractivity contribution in [3.05, 3.63) is 11.6 Å². The molecule has 2 rings (SSSR count). The monoisotopic (exact) mass is 339 g/mol. The second-order valence-corrected chi connectivity index (χ2v) is 6.54. The van der Waals surface area contributed by atoms with Gasteiger partial charge in [0.05, 0.1) is 6.10 Å². The Labute approximate surface area is 141 Å². The van der Waals surface area contributed by atoms with Crippen molar-refractivity contribution in [2.75, 3.05) is 37.6 Å². The summed E-state index contributed by atoms with van der Waals surface area (Å²) in [6, 6.07) is 0. The van der Waals surface area contributed by atoms with Crippen molar-refractivity contribution in [1.29, 1.82) is 0 Å². The lowest BCUT2D eigenvalue weighted by Gasteiger charge is -2.35. The molecular weight excluding hydrogens is 314 g/mol. The Bertz CT molecular complexity index is 510. The number of aliphatic imine (C=N–C) groups is 1. The highest BCUT2D eigenvalue weighted by molar-refractivity contribution is 7.13. The quantitative estimate of drug-likeness (QED) is 0.364. The van der Waals surface area contributed by atoms with Crippen molar-refractivity contribution in [3.8, 4) is 0 Å². The summed E-state index contributed by atoms with van der Waals surface area (Å²) in [5.41, 5.74) is 6.04. The van der Waals surface area contributed by atoms with E-state index in [1.807, 2.05) is 25.4 Å². The van der Waals surface area contributed by atoms with Crippen LogP contribution in [0.2, 0.25) is 0 Å². The van der Waals surface area contributed by atoms with E-state index < -0.39 is 0 Å². The summed E-state index contributed by atoms with van der Waals surface area (Å²) >= 11 is 1.65. The van der Waals surface area contributed by atoms with Gasteiger partial charge in [0.25, 0.3) is 0 Å². The van der Waals surface area contributed by atoms with Crippen LogP contribution in [0, 0.1) is 0 Å². The van der Waals surface area contributed by atoms with E-state index in [2.05, 4.69) is 19.8 Å². The first-order valence-electron chi connectivity index (χ1n) is 7.95. The van der Waals surface area contributed by atoms with Crippen LogP contribution < -0.4 is 10.6 Å². The van der Waals surface area contributed by atoms with Crippen molar-refractivity contribution >= 4 is 28.4 Å². The van der Waals surface area contributed by atoms with E-state index in [-0.39, 0.29) is 12.1 Å². The summed E-state index contributed by atoms with van der Waals surface area (Å²) < 4.78 is 5.08. The standard InChI is InChI=1S/C15H25N5O2S/c1-12(2)22-13(21)4-3-5-17-14(16)19-7-9-20(10-8-19)15-18-6-11-23-15/h6,11-12H,3-5,7-10H2,1-2H3,(H2,16,17). The van der Waals surface area contributed by atoms with E-state index in [9.17, 15) is 4.79 Å². The number of anilines is 1. The minimum atomic E-state index is -0.175. The maximum atomic E-state index is 11.4. The lowest BCUT2D eigenvalue weighted by Crippen LogP contribution is -2.51. The topological polar surface area (TPSA) is 84.0 Å². The Hall–Kier alpha value is -1.83. The lowest BCUT2D eigenvalue weighted by atomic mass is 10.3. The largest absolute Gasteiger partial charge is 0.463 e. The van der Waals surface area contributed by atoms with Gasteiger partial charge >= 0.3 is 5.97 Å². The third kappa shape index (κ3) is 5.70. The summed E-state index contributed by atoms with van der Waals surface area (Å²) in [5, 5.41) is 3.05. The Morgan fingerprint density at radius 3 is 2.78 bits per heavy atom. The molecule has 0 aromatic carbocycles. The molecule has 7 nitrogen and oxygen atoms in total. The molecule has 1 fully saturated rings. The van der Waals surface area contributed by atoms with E-state index >= 15 is 0 Å². The molecule has 1 saturated heterocycles. The fraction of sp³-hybridized carbons (Fsp3) is 0.667. The highest BCUT2D eigenvalue weighted by Gasteiger charge is 2.19. The van der Waals surface area contributed by atoms with Crippen LogP contribution in [0.1, 0.15) is 26.7 Å². The van der Waals surface area contributed by atoms with Crippen molar-refractivity contribution in [1.82, 2.24) is 9.88 Å². The van der Waals surface area contributed by atoms with Gasteiger partial charge in [-0.25, -0.2) is 4.98 Å². The van der Waals surface area contributed by atoms with Gasteiger partial charge in [-0.05, 0) is 20.3 Å². The van der Waals surface area contributed by atoms with Gasteiger partial charge < -0.3 is 20.3 Å². The summed E-state index contributed by atoms with van der Waals surface area (Å²) in [7, 11) is 0. The minimum Gasteiger partial charge on any atom is -0.463 e. The van der Waals surface area contributed by atoms with Crippen LogP contribution >= 0.6 is 11.3 Å². The van der Waals surface area contributed by atoms with Gasteiger partial charge in [-0.1, -0.05) is 0 Å². The van der Waals surface area contributed by atoms with Gasteiger partial charge in [0, 0.05) is 50.7 Å². The number of nitrogens with two attached hydrogens (primary N) is 1. The Morgan fingerprint density at radius 2 is 2.17 bits per heavy atom. The van der Waals surface area contributed by atoms with Crippen molar-refractivity contribution in [2.45, 2.75) is 32.8 Å². The number of aromatic nitrogens is 1. The van der Waals surface area contributed by atoms with E-state index in [0.717, 1.165) is 31.3 Å². The summed E-state index contributed by atoms with van der Waals surface area (Å²) in [5.74, 6) is 0.381. The molecule has 0 saturated carbocycles. The van der Waals surface area contributed by atoms with Gasteiger partial charge in [0.2, 0.25) is 0 Å². The smallest absolute Gasteiger partial charge is 0.306 e. The van der Waals surface area contributed by atoms with E-state index in [4.69, 9.17) is 10.5 Å². The fourth-order valence-electron chi connectivity index (χ4n) is 2.34. The highest BCUT2D eigenvalue weighted by Crippen LogP contribution is 2.18. The van der Waals surface area contributed by atoms with Crippen LogP contribution in [0.3, 0.4) is 0 Å². The molecule has 2 N–H and O–H groups in total. The SMILES string of the molecule is CC(C)OC(=O)CCCN=C(N)N1CCN(c2nccs2)CC1. The number of guanidine groups is 1. The molecule has 1 aromatic rings. The van der Waals surface area contributed by atoms with Crippen LogP contribution in [-0.2, 0) is 9.53 Å². The second-order valence-electron chi connectivity index (χ2n) is 5.67. The van der Waals surface area contributed by atoms with Crippen LogP contribution in [0.25, 0.3) is 0 Å². The number of nitrogens with zero attached hydrogens (tertiary/aromatic N) is 4. The Balaban J connectivity index is 1.68. The fourth-order valence-corrected chi connectivity index (χ4v) is 3.03. The van der Waals surface area contributed by atoms with Gasteiger partial charge in [-0.15, -0.1) is 11.3 Å². The average molecular weight is 339 g/mol. The zero-order valence-corrected chi connectivity index (χ0v) is 14.6. The third-order valence-corrected chi connectivity index (χ3v) is 4.31. The number of ether oxygens (including phenoxy) is 1. The van der Waals surface area contributed by atoms with Crippen molar-refractivity contribution in [2.24, 2.45) is 10.7 Å². The lowest BCUT2D eigenvalue weighted by molar-refractivity contribution is -0.147. The molecule has 0 bridgehead atoms. The highest BCUT2D eigenvalue weighted by atomic mass is 32.1. The van der Waals surface area contributed by atoms with Gasteiger partial charge in [0.15, 0.2) is 11.1 Å². The zero-order chi connectivity index (χ0) is 16.7. The molecule has 2 heterocycles. The average Bonchev–Trinajstić information content (AvgIpc) is 3.05. The zero-order valence-electron chi connectivity index (χ0n) is 13.8. The number of thiazole rings is 1. The molecule has 23 heavy (non-hydrogen) atoms. The number of rotatable bonds is 6. The number of piperazine rings is 1.